The van der Waals surface area contributed by atoms with Crippen LogP contribution < -0.4 is 5.32 Å². The van der Waals surface area contributed by atoms with Crippen LogP contribution in [0.5, 0.6) is 0 Å². The topological polar surface area (TPSA) is 42.2 Å². The standard InChI is InChI=1S/C15H16ClNO2/c1-10-4-3-5-12(11(10)2)13-6-7-14(19-13)15(18)17-9-8-16/h3-7H,8-9H2,1-2H3,(H,17,18). The fraction of sp³-hybridized carbons (Fsp3) is 0.267. The van der Waals surface area contributed by atoms with Crippen LogP contribution in [0.15, 0.2) is 34.7 Å². The lowest BCUT2D eigenvalue weighted by molar-refractivity contribution is 0.0929. The van der Waals surface area contributed by atoms with Crippen LogP contribution >= 0.6 is 11.6 Å². The minimum atomic E-state index is -0.239. The van der Waals surface area contributed by atoms with Crippen molar-refractivity contribution in [1.82, 2.24) is 5.32 Å². The molecule has 4 heteroatoms. The molecule has 0 bridgehead atoms. The molecule has 2 aromatic rings. The Morgan fingerprint density at radius 2 is 2.05 bits per heavy atom. The first kappa shape index (κ1) is 13.7. The van der Waals surface area contributed by atoms with Crippen molar-refractivity contribution in [2.24, 2.45) is 0 Å². The fourth-order valence-corrected chi connectivity index (χ4v) is 1.97. The first-order valence-electron chi connectivity index (χ1n) is 6.14. The molecule has 100 valence electrons. The van der Waals surface area contributed by atoms with Gasteiger partial charge in [0.1, 0.15) is 5.76 Å². The lowest BCUT2D eigenvalue weighted by atomic mass is 10.0. The van der Waals surface area contributed by atoms with Gasteiger partial charge in [-0.15, -0.1) is 11.6 Å². The zero-order valence-electron chi connectivity index (χ0n) is 11.0. The molecule has 0 unspecified atom stereocenters. The molecule has 1 aromatic carbocycles. The van der Waals surface area contributed by atoms with Gasteiger partial charge in [0.05, 0.1) is 0 Å². The Morgan fingerprint density at radius 1 is 1.26 bits per heavy atom. The van der Waals surface area contributed by atoms with Gasteiger partial charge >= 0.3 is 0 Å². The van der Waals surface area contributed by atoms with E-state index in [9.17, 15) is 4.79 Å². The Bertz CT molecular complexity index is 590. The smallest absolute Gasteiger partial charge is 0.287 e. The summed E-state index contributed by atoms with van der Waals surface area (Å²) in [5.74, 6) is 1.16. The third-order valence-corrected chi connectivity index (χ3v) is 3.27. The SMILES string of the molecule is Cc1cccc(-c2ccc(C(=O)NCCCl)o2)c1C. The molecule has 0 atom stereocenters. The zero-order chi connectivity index (χ0) is 13.8. The van der Waals surface area contributed by atoms with E-state index in [1.807, 2.05) is 25.1 Å². The van der Waals surface area contributed by atoms with Crippen LogP contribution in [0.1, 0.15) is 21.7 Å². The van der Waals surface area contributed by atoms with Crippen molar-refractivity contribution in [3.05, 3.63) is 47.2 Å². The Hall–Kier alpha value is -1.74. The second kappa shape index (κ2) is 5.93. The van der Waals surface area contributed by atoms with Crippen LogP contribution in [0, 0.1) is 13.8 Å². The zero-order valence-corrected chi connectivity index (χ0v) is 11.8. The summed E-state index contributed by atoms with van der Waals surface area (Å²) in [5, 5.41) is 2.67. The monoisotopic (exact) mass is 277 g/mol. The van der Waals surface area contributed by atoms with Crippen LogP contribution in [0.4, 0.5) is 0 Å². The van der Waals surface area contributed by atoms with E-state index < -0.39 is 0 Å². The van der Waals surface area contributed by atoms with E-state index in [0.29, 0.717) is 23.9 Å². The van der Waals surface area contributed by atoms with Crippen molar-refractivity contribution >= 4 is 17.5 Å². The molecule has 0 radical (unpaired) electrons. The Balaban J connectivity index is 2.26. The van der Waals surface area contributed by atoms with Crippen molar-refractivity contribution in [1.29, 1.82) is 0 Å². The molecule has 1 N–H and O–H groups in total. The summed E-state index contributed by atoms with van der Waals surface area (Å²) in [6.45, 7) is 4.52. The van der Waals surface area contributed by atoms with Crippen LogP contribution in [-0.4, -0.2) is 18.3 Å². The maximum absolute atomic E-state index is 11.7. The van der Waals surface area contributed by atoms with Crippen LogP contribution in [-0.2, 0) is 0 Å². The number of benzene rings is 1. The van der Waals surface area contributed by atoms with E-state index in [4.69, 9.17) is 16.0 Å². The molecule has 0 spiro atoms. The second-order valence-electron chi connectivity index (χ2n) is 4.36. The summed E-state index contributed by atoms with van der Waals surface area (Å²) in [6.07, 6.45) is 0. The van der Waals surface area contributed by atoms with Gasteiger partial charge in [0.15, 0.2) is 5.76 Å². The quantitative estimate of drug-likeness (QED) is 0.869. The fourth-order valence-electron chi connectivity index (χ4n) is 1.87. The highest BCUT2D eigenvalue weighted by molar-refractivity contribution is 6.18. The molecule has 19 heavy (non-hydrogen) atoms. The molecule has 0 saturated heterocycles. The number of furan rings is 1. The molecule has 0 aliphatic carbocycles. The van der Waals surface area contributed by atoms with E-state index >= 15 is 0 Å². The van der Waals surface area contributed by atoms with Crippen LogP contribution in [0.2, 0.25) is 0 Å². The number of amides is 1. The van der Waals surface area contributed by atoms with Crippen LogP contribution in [0.25, 0.3) is 11.3 Å². The maximum Gasteiger partial charge on any atom is 0.287 e. The van der Waals surface area contributed by atoms with Gasteiger partial charge in [-0.05, 0) is 37.1 Å². The van der Waals surface area contributed by atoms with Crippen molar-refractivity contribution in [3.8, 4) is 11.3 Å². The van der Waals surface area contributed by atoms with E-state index in [1.54, 1.807) is 6.07 Å². The van der Waals surface area contributed by atoms with Gasteiger partial charge in [0.25, 0.3) is 5.91 Å². The highest BCUT2D eigenvalue weighted by Crippen LogP contribution is 2.27. The molecular weight excluding hydrogens is 262 g/mol. The molecular formula is C15H16ClNO2. The number of nitrogens with one attached hydrogen (secondary N) is 1. The Kier molecular flexibility index (Phi) is 4.27. The summed E-state index contributed by atoms with van der Waals surface area (Å²) in [7, 11) is 0. The molecule has 1 aromatic heterocycles. The Morgan fingerprint density at radius 3 is 2.79 bits per heavy atom. The first-order valence-corrected chi connectivity index (χ1v) is 6.67. The minimum absolute atomic E-state index is 0.239. The van der Waals surface area contributed by atoms with E-state index in [0.717, 1.165) is 11.1 Å². The van der Waals surface area contributed by atoms with E-state index in [1.165, 1.54) is 5.56 Å². The van der Waals surface area contributed by atoms with Gasteiger partial charge in [-0.1, -0.05) is 18.2 Å². The van der Waals surface area contributed by atoms with Crippen molar-refractivity contribution in [2.75, 3.05) is 12.4 Å². The van der Waals surface area contributed by atoms with Crippen molar-refractivity contribution in [2.45, 2.75) is 13.8 Å². The largest absolute Gasteiger partial charge is 0.451 e. The third kappa shape index (κ3) is 2.99. The maximum atomic E-state index is 11.7. The number of alkyl halides is 1. The van der Waals surface area contributed by atoms with Gasteiger partial charge < -0.3 is 9.73 Å². The highest BCUT2D eigenvalue weighted by Gasteiger charge is 2.13. The lowest BCUT2D eigenvalue weighted by Crippen LogP contribution is -2.24. The normalized spacial score (nSPS) is 10.5. The summed E-state index contributed by atoms with van der Waals surface area (Å²) >= 11 is 5.53. The van der Waals surface area contributed by atoms with Crippen molar-refractivity contribution in [3.63, 3.8) is 0 Å². The molecule has 0 saturated carbocycles. The van der Waals surface area contributed by atoms with E-state index in [2.05, 4.69) is 18.3 Å². The van der Waals surface area contributed by atoms with Gasteiger partial charge in [-0.2, -0.15) is 0 Å². The molecule has 3 nitrogen and oxygen atoms in total. The average molecular weight is 278 g/mol. The molecule has 0 aliphatic heterocycles. The number of halogens is 1. The predicted molar refractivity (Wildman–Crippen MR) is 76.7 cm³/mol. The number of aryl methyl sites for hydroxylation is 1. The predicted octanol–water partition coefficient (Wildman–Crippen LogP) is 3.53. The average Bonchev–Trinajstić information content (AvgIpc) is 2.88. The molecule has 2 rings (SSSR count). The second-order valence-corrected chi connectivity index (χ2v) is 4.73. The Labute approximate surface area is 117 Å². The van der Waals surface area contributed by atoms with Gasteiger partial charge in [0.2, 0.25) is 0 Å². The summed E-state index contributed by atoms with van der Waals surface area (Å²) in [4.78, 5) is 11.7. The molecule has 1 amide bonds. The number of hydrogen-bond donors (Lipinski definition) is 1. The van der Waals surface area contributed by atoms with Crippen LogP contribution in [0.3, 0.4) is 0 Å². The molecule has 0 aliphatic rings. The van der Waals surface area contributed by atoms with E-state index in [-0.39, 0.29) is 5.91 Å². The molecule has 0 fully saturated rings. The van der Waals surface area contributed by atoms with Gasteiger partial charge in [0, 0.05) is 18.0 Å². The first-order chi connectivity index (χ1) is 9.13. The number of hydrogen-bond acceptors (Lipinski definition) is 2. The van der Waals surface area contributed by atoms with Gasteiger partial charge in [-0.3, -0.25) is 4.79 Å². The number of carbonyl (C=O) groups is 1. The molecule has 1 heterocycles. The van der Waals surface area contributed by atoms with Gasteiger partial charge in [-0.25, -0.2) is 0 Å². The minimum Gasteiger partial charge on any atom is -0.451 e. The summed E-state index contributed by atoms with van der Waals surface area (Å²) < 4.78 is 5.61. The third-order valence-electron chi connectivity index (χ3n) is 3.08. The lowest BCUT2D eigenvalue weighted by Gasteiger charge is -2.05. The summed E-state index contributed by atoms with van der Waals surface area (Å²) in [5.41, 5.74) is 3.36. The van der Waals surface area contributed by atoms with Crippen molar-refractivity contribution < 1.29 is 9.21 Å². The highest BCUT2D eigenvalue weighted by atomic mass is 35.5. The number of rotatable bonds is 4. The summed E-state index contributed by atoms with van der Waals surface area (Å²) in [6, 6.07) is 9.52. The number of carbonyl (C=O) groups excluding carboxylic acids is 1.